The maximum Gasteiger partial charge on any atom is 0.247 e. The molecule has 0 aliphatic carbocycles. The Morgan fingerprint density at radius 3 is 3.18 bits per heavy atom. The standard InChI is InChI=1S/C12H12N4O/c1-7-5-15-11(12(17)16-7)10-4-9-8(6-14-10)2-3-13-9/h3-4,6,11,15H,1-2,5H2,(H,16,17). The van der Waals surface area contributed by atoms with E-state index in [2.05, 4.69) is 27.2 Å². The lowest BCUT2D eigenvalue weighted by Gasteiger charge is -2.24. The topological polar surface area (TPSA) is 66.4 Å². The molecular weight excluding hydrogens is 216 g/mol. The van der Waals surface area contributed by atoms with Crippen molar-refractivity contribution < 1.29 is 4.79 Å². The third kappa shape index (κ3) is 1.74. The van der Waals surface area contributed by atoms with Gasteiger partial charge in [0.05, 0.1) is 11.4 Å². The highest BCUT2D eigenvalue weighted by Gasteiger charge is 2.26. The lowest BCUT2D eigenvalue weighted by atomic mass is 10.1. The fourth-order valence-corrected chi connectivity index (χ4v) is 2.01. The van der Waals surface area contributed by atoms with Crippen LogP contribution in [-0.2, 0) is 11.2 Å². The zero-order chi connectivity index (χ0) is 11.8. The van der Waals surface area contributed by atoms with Gasteiger partial charge in [-0.25, -0.2) is 0 Å². The third-order valence-electron chi connectivity index (χ3n) is 2.90. The molecule has 1 aromatic heterocycles. The monoisotopic (exact) mass is 228 g/mol. The number of hydrogen-bond donors (Lipinski definition) is 2. The van der Waals surface area contributed by atoms with E-state index < -0.39 is 6.04 Å². The van der Waals surface area contributed by atoms with Crippen LogP contribution in [0.2, 0.25) is 0 Å². The van der Waals surface area contributed by atoms with Crippen molar-refractivity contribution in [3.63, 3.8) is 0 Å². The average molecular weight is 228 g/mol. The van der Waals surface area contributed by atoms with Gasteiger partial charge >= 0.3 is 0 Å². The van der Waals surface area contributed by atoms with Crippen molar-refractivity contribution in [1.29, 1.82) is 0 Å². The molecule has 0 bridgehead atoms. The van der Waals surface area contributed by atoms with Gasteiger partial charge in [-0.2, -0.15) is 0 Å². The van der Waals surface area contributed by atoms with Gasteiger partial charge in [0.25, 0.3) is 0 Å². The molecule has 2 aliphatic heterocycles. The Bertz CT molecular complexity index is 535. The minimum Gasteiger partial charge on any atom is -0.327 e. The second kappa shape index (κ2) is 3.78. The molecule has 1 aromatic rings. The Hall–Kier alpha value is -2.01. The summed E-state index contributed by atoms with van der Waals surface area (Å²) in [6, 6.07) is 1.45. The number of rotatable bonds is 1. The zero-order valence-corrected chi connectivity index (χ0v) is 9.23. The first kappa shape index (κ1) is 10.2. The molecule has 2 aliphatic rings. The number of carbonyl (C=O) groups excluding carboxylic acids is 1. The number of pyridine rings is 1. The van der Waals surface area contributed by atoms with Crippen LogP contribution in [0.5, 0.6) is 0 Å². The molecule has 1 atom stereocenters. The van der Waals surface area contributed by atoms with Gasteiger partial charge in [0.2, 0.25) is 5.91 Å². The van der Waals surface area contributed by atoms with E-state index in [1.807, 2.05) is 12.3 Å². The number of aromatic nitrogens is 1. The van der Waals surface area contributed by atoms with E-state index in [1.165, 1.54) is 0 Å². The minimum atomic E-state index is -0.415. The molecule has 0 saturated carbocycles. The van der Waals surface area contributed by atoms with E-state index in [-0.39, 0.29) is 5.91 Å². The molecule has 1 amide bonds. The van der Waals surface area contributed by atoms with Crippen molar-refractivity contribution in [1.82, 2.24) is 15.6 Å². The van der Waals surface area contributed by atoms with Crippen molar-refractivity contribution >= 4 is 17.8 Å². The Labute approximate surface area is 98.7 Å². The van der Waals surface area contributed by atoms with E-state index >= 15 is 0 Å². The van der Waals surface area contributed by atoms with Crippen molar-refractivity contribution in [2.45, 2.75) is 12.5 Å². The first-order chi connectivity index (χ1) is 8.24. The van der Waals surface area contributed by atoms with E-state index in [0.29, 0.717) is 17.9 Å². The summed E-state index contributed by atoms with van der Waals surface area (Å²) in [7, 11) is 0. The predicted octanol–water partition coefficient (Wildman–Crippen LogP) is 0.614. The van der Waals surface area contributed by atoms with Gasteiger partial charge in [-0.3, -0.25) is 20.1 Å². The Kier molecular flexibility index (Phi) is 2.26. The Morgan fingerprint density at radius 1 is 1.47 bits per heavy atom. The summed E-state index contributed by atoms with van der Waals surface area (Å²) in [5, 5.41) is 5.82. The van der Waals surface area contributed by atoms with Crippen LogP contribution >= 0.6 is 0 Å². The highest BCUT2D eigenvalue weighted by molar-refractivity contribution is 5.86. The molecule has 17 heavy (non-hydrogen) atoms. The molecule has 0 radical (unpaired) electrons. The van der Waals surface area contributed by atoms with Crippen LogP contribution in [0.4, 0.5) is 5.69 Å². The molecule has 1 unspecified atom stereocenters. The van der Waals surface area contributed by atoms with Crippen LogP contribution in [0.25, 0.3) is 0 Å². The second-order valence-corrected chi connectivity index (χ2v) is 4.16. The first-order valence-corrected chi connectivity index (χ1v) is 5.47. The molecule has 3 rings (SSSR count). The number of nitrogens with zero attached hydrogens (tertiary/aromatic N) is 2. The summed E-state index contributed by atoms with van der Waals surface area (Å²) in [6.45, 7) is 4.28. The molecule has 1 saturated heterocycles. The van der Waals surface area contributed by atoms with E-state index in [1.54, 1.807) is 6.20 Å². The first-order valence-electron chi connectivity index (χ1n) is 5.47. The summed E-state index contributed by atoms with van der Waals surface area (Å²) in [5.41, 5.74) is 3.40. The van der Waals surface area contributed by atoms with Gasteiger partial charge in [-0.05, 0) is 6.07 Å². The maximum absolute atomic E-state index is 11.8. The maximum atomic E-state index is 11.8. The van der Waals surface area contributed by atoms with Crippen LogP contribution in [0.1, 0.15) is 17.3 Å². The number of amides is 1. The second-order valence-electron chi connectivity index (χ2n) is 4.16. The van der Waals surface area contributed by atoms with Gasteiger partial charge in [0.15, 0.2) is 0 Å². The number of fused-ring (bicyclic) bond motifs is 1. The molecule has 3 heterocycles. The van der Waals surface area contributed by atoms with Gasteiger partial charge < -0.3 is 5.32 Å². The summed E-state index contributed by atoms with van der Waals surface area (Å²) in [4.78, 5) is 20.4. The third-order valence-corrected chi connectivity index (χ3v) is 2.90. The molecule has 0 aromatic carbocycles. The van der Waals surface area contributed by atoms with E-state index in [9.17, 15) is 4.79 Å². The molecule has 1 fully saturated rings. The largest absolute Gasteiger partial charge is 0.327 e. The number of hydrogen-bond acceptors (Lipinski definition) is 4. The number of piperazine rings is 1. The fraction of sp³-hybridized carbons (Fsp3) is 0.250. The summed E-state index contributed by atoms with van der Waals surface area (Å²) in [6.07, 6.45) is 4.46. The van der Waals surface area contributed by atoms with Crippen molar-refractivity contribution in [3.8, 4) is 0 Å². The number of nitrogens with one attached hydrogen (secondary N) is 2. The van der Waals surface area contributed by atoms with Crippen molar-refractivity contribution in [2.75, 3.05) is 6.54 Å². The highest BCUT2D eigenvalue weighted by atomic mass is 16.2. The van der Waals surface area contributed by atoms with Crippen LogP contribution < -0.4 is 10.6 Å². The molecule has 86 valence electrons. The van der Waals surface area contributed by atoms with Crippen molar-refractivity contribution in [2.24, 2.45) is 4.99 Å². The van der Waals surface area contributed by atoms with Gasteiger partial charge in [-0.1, -0.05) is 6.58 Å². The van der Waals surface area contributed by atoms with E-state index in [4.69, 9.17) is 0 Å². The fourth-order valence-electron chi connectivity index (χ4n) is 2.01. The average Bonchev–Trinajstić information content (AvgIpc) is 2.75. The molecule has 5 nitrogen and oxygen atoms in total. The van der Waals surface area contributed by atoms with Crippen LogP contribution in [0, 0.1) is 0 Å². The smallest absolute Gasteiger partial charge is 0.247 e. The molecule has 2 N–H and O–H groups in total. The van der Waals surface area contributed by atoms with Crippen LogP contribution in [0.15, 0.2) is 29.5 Å². The quantitative estimate of drug-likeness (QED) is 0.740. The summed E-state index contributed by atoms with van der Waals surface area (Å²) < 4.78 is 0. The molecule has 5 heteroatoms. The SMILES string of the molecule is C=C1CNC(c2cc3c(cn2)CC=N3)C(=O)N1. The zero-order valence-electron chi connectivity index (χ0n) is 9.23. The predicted molar refractivity (Wildman–Crippen MR) is 64.1 cm³/mol. The van der Waals surface area contributed by atoms with Crippen LogP contribution in [0.3, 0.4) is 0 Å². The lowest BCUT2D eigenvalue weighted by molar-refractivity contribution is -0.123. The molecular formula is C12H12N4O. The molecule has 0 spiro atoms. The normalized spacial score (nSPS) is 22.5. The van der Waals surface area contributed by atoms with Crippen LogP contribution in [-0.4, -0.2) is 23.7 Å². The summed E-state index contributed by atoms with van der Waals surface area (Å²) in [5.74, 6) is -0.115. The van der Waals surface area contributed by atoms with Gasteiger partial charge in [-0.15, -0.1) is 0 Å². The summed E-state index contributed by atoms with van der Waals surface area (Å²) >= 11 is 0. The van der Waals surface area contributed by atoms with Gasteiger partial charge in [0, 0.05) is 36.6 Å². The van der Waals surface area contributed by atoms with Crippen molar-refractivity contribution in [3.05, 3.63) is 35.8 Å². The number of carbonyl (C=O) groups is 1. The van der Waals surface area contributed by atoms with Gasteiger partial charge in [0.1, 0.15) is 6.04 Å². The Balaban J connectivity index is 1.91. The lowest BCUT2D eigenvalue weighted by Crippen LogP contribution is -2.45. The Morgan fingerprint density at radius 2 is 2.35 bits per heavy atom. The number of aliphatic imine (C=N–C) groups is 1. The minimum absolute atomic E-state index is 0.115. The highest BCUT2D eigenvalue weighted by Crippen LogP contribution is 2.26. The van der Waals surface area contributed by atoms with E-state index in [0.717, 1.165) is 17.7 Å².